The van der Waals surface area contributed by atoms with Gasteiger partial charge in [-0.05, 0) is 25.0 Å². The van der Waals surface area contributed by atoms with Crippen molar-refractivity contribution in [1.29, 1.82) is 0 Å². The molecule has 0 unspecified atom stereocenters. The number of imide groups is 1. The molecule has 3 rings (SSSR count). The van der Waals surface area contributed by atoms with E-state index in [1.165, 1.54) is 0 Å². The number of para-hydroxylation sites is 1. The highest BCUT2D eigenvalue weighted by Gasteiger charge is 2.46. The molecule has 9 heteroatoms. The minimum atomic E-state index is -0.957. The van der Waals surface area contributed by atoms with Crippen LogP contribution in [0.15, 0.2) is 30.4 Å². The van der Waals surface area contributed by atoms with Crippen molar-refractivity contribution >= 4 is 29.4 Å². The summed E-state index contributed by atoms with van der Waals surface area (Å²) < 4.78 is 31.7. The first-order valence-corrected chi connectivity index (χ1v) is 8.78. The number of carbonyl (C=O) groups is 4. The van der Waals surface area contributed by atoms with Crippen molar-refractivity contribution in [2.75, 3.05) is 18.5 Å². The fourth-order valence-electron chi connectivity index (χ4n) is 3.30. The molecule has 0 spiro atoms. The van der Waals surface area contributed by atoms with Gasteiger partial charge in [-0.25, -0.2) is 8.78 Å². The summed E-state index contributed by atoms with van der Waals surface area (Å²) in [6, 6.07) is 3.09. The number of anilines is 1. The molecule has 2 atom stereocenters. The predicted molar refractivity (Wildman–Crippen MR) is 92.6 cm³/mol. The van der Waals surface area contributed by atoms with E-state index in [2.05, 4.69) is 0 Å². The lowest BCUT2D eigenvalue weighted by atomic mass is 9.85. The van der Waals surface area contributed by atoms with Crippen LogP contribution in [0.25, 0.3) is 0 Å². The van der Waals surface area contributed by atoms with Gasteiger partial charge in [0.25, 0.3) is 5.91 Å². The molecule has 0 radical (unpaired) electrons. The van der Waals surface area contributed by atoms with Crippen LogP contribution in [-0.4, -0.2) is 41.7 Å². The molecule has 1 saturated heterocycles. The molecular formula is C19H18F2N2O5. The highest BCUT2D eigenvalue weighted by Crippen LogP contribution is 2.35. The average Bonchev–Trinajstić information content (AvgIpc) is 2.92. The second kappa shape index (κ2) is 8.28. The maximum Gasteiger partial charge on any atom is 0.308 e. The summed E-state index contributed by atoms with van der Waals surface area (Å²) in [4.78, 5) is 49.1. The Morgan fingerprint density at radius 3 is 2.21 bits per heavy atom. The van der Waals surface area contributed by atoms with Gasteiger partial charge in [-0.2, -0.15) is 0 Å². The molecule has 3 amide bonds. The highest BCUT2D eigenvalue weighted by molar-refractivity contribution is 6.05. The first kappa shape index (κ1) is 19.7. The number of likely N-dealkylation sites (tertiary alicyclic amines) is 1. The van der Waals surface area contributed by atoms with Crippen LogP contribution in [0.2, 0.25) is 0 Å². The Hall–Kier alpha value is -3.10. The molecule has 2 aliphatic rings. The Morgan fingerprint density at radius 2 is 1.64 bits per heavy atom. The fraction of sp³-hybridized carbons (Fsp3) is 0.368. The summed E-state index contributed by atoms with van der Waals surface area (Å²) in [5.41, 5.74) is -0.631. The predicted octanol–water partition coefficient (Wildman–Crippen LogP) is 1.79. The van der Waals surface area contributed by atoms with Gasteiger partial charge >= 0.3 is 5.97 Å². The summed E-state index contributed by atoms with van der Waals surface area (Å²) in [5, 5.41) is 1.99. The summed E-state index contributed by atoms with van der Waals surface area (Å²) in [7, 11) is 0. The molecule has 7 nitrogen and oxygen atoms in total. The molecule has 1 aliphatic heterocycles. The van der Waals surface area contributed by atoms with Gasteiger partial charge < -0.3 is 10.1 Å². The van der Waals surface area contributed by atoms with Gasteiger partial charge in [0.1, 0.15) is 17.3 Å². The first-order chi connectivity index (χ1) is 13.4. The zero-order valence-electron chi connectivity index (χ0n) is 14.8. The van der Waals surface area contributed by atoms with Crippen molar-refractivity contribution in [1.82, 2.24) is 4.90 Å². The number of nitrogens with one attached hydrogen (secondary N) is 1. The van der Waals surface area contributed by atoms with Crippen LogP contribution >= 0.6 is 0 Å². The molecule has 0 saturated carbocycles. The maximum absolute atomic E-state index is 13.5. The fourth-order valence-corrected chi connectivity index (χ4v) is 3.30. The lowest BCUT2D eigenvalue weighted by Gasteiger charge is -2.14. The zero-order chi connectivity index (χ0) is 20.3. The van der Waals surface area contributed by atoms with Gasteiger partial charge in [0.15, 0.2) is 6.61 Å². The normalized spacial score (nSPS) is 20.9. The van der Waals surface area contributed by atoms with Crippen molar-refractivity contribution in [3.63, 3.8) is 0 Å². The molecule has 0 bridgehead atoms. The topological polar surface area (TPSA) is 92.8 Å². The number of halogens is 2. The van der Waals surface area contributed by atoms with Crippen molar-refractivity contribution in [2.24, 2.45) is 11.8 Å². The second-order valence-corrected chi connectivity index (χ2v) is 6.54. The summed E-state index contributed by atoms with van der Waals surface area (Å²) in [6.07, 6.45) is 4.46. The Morgan fingerprint density at radius 1 is 1.07 bits per heavy atom. The van der Waals surface area contributed by atoms with Crippen LogP contribution in [0.5, 0.6) is 0 Å². The number of fused-ring (bicyclic) bond motifs is 1. The van der Waals surface area contributed by atoms with Crippen molar-refractivity contribution in [2.45, 2.75) is 19.3 Å². The van der Waals surface area contributed by atoms with Crippen molar-refractivity contribution in [3.05, 3.63) is 42.0 Å². The summed E-state index contributed by atoms with van der Waals surface area (Å²) >= 11 is 0. The Labute approximate surface area is 159 Å². The lowest BCUT2D eigenvalue weighted by Crippen LogP contribution is -2.33. The largest absolute Gasteiger partial charge is 0.456 e. The van der Waals surface area contributed by atoms with Crippen molar-refractivity contribution in [3.8, 4) is 0 Å². The quantitative estimate of drug-likeness (QED) is 0.453. The number of hydrogen-bond donors (Lipinski definition) is 1. The number of hydrogen-bond acceptors (Lipinski definition) is 5. The van der Waals surface area contributed by atoms with Gasteiger partial charge in [0, 0.05) is 6.54 Å². The zero-order valence-corrected chi connectivity index (χ0v) is 14.8. The standard InChI is InChI=1S/C19H18F2N2O5/c20-13-6-3-7-14(21)17(13)22-15(24)10-28-16(25)8-9-23-18(26)11-4-1-2-5-12(11)19(23)27/h1-3,6-7,11-12H,4-5,8-10H2,(H,22,24)/t11-,12+. The second-order valence-electron chi connectivity index (χ2n) is 6.54. The molecule has 1 N–H and O–H groups in total. The Bertz CT molecular complexity index is 808. The van der Waals surface area contributed by atoms with Crippen LogP contribution in [0, 0.1) is 23.5 Å². The molecule has 0 aromatic heterocycles. The minimum Gasteiger partial charge on any atom is -0.456 e. The Balaban J connectivity index is 1.45. The molecule has 1 aromatic rings. The number of benzene rings is 1. The van der Waals surface area contributed by atoms with E-state index in [0.717, 1.165) is 23.1 Å². The molecule has 1 aromatic carbocycles. The van der Waals surface area contributed by atoms with Gasteiger partial charge in [-0.1, -0.05) is 18.2 Å². The first-order valence-electron chi connectivity index (χ1n) is 8.78. The highest BCUT2D eigenvalue weighted by atomic mass is 19.1. The van der Waals surface area contributed by atoms with Crippen LogP contribution in [0.4, 0.5) is 14.5 Å². The average molecular weight is 392 g/mol. The molecule has 1 heterocycles. The molecule has 28 heavy (non-hydrogen) atoms. The van der Waals surface area contributed by atoms with Gasteiger partial charge in [0.05, 0.1) is 18.3 Å². The monoisotopic (exact) mass is 392 g/mol. The van der Waals surface area contributed by atoms with Gasteiger partial charge in [-0.3, -0.25) is 24.1 Å². The third-order valence-corrected chi connectivity index (χ3v) is 4.73. The summed E-state index contributed by atoms with van der Waals surface area (Å²) in [6.45, 7) is -0.878. The van der Waals surface area contributed by atoms with Crippen LogP contribution in [0.3, 0.4) is 0 Å². The van der Waals surface area contributed by atoms with E-state index < -0.39 is 35.8 Å². The number of ether oxygens (including phenoxy) is 1. The molecular weight excluding hydrogens is 374 g/mol. The SMILES string of the molecule is O=C(COC(=O)CCN1C(=O)[C@H]2CC=CC[C@H]2C1=O)Nc1c(F)cccc1F. The van der Waals surface area contributed by atoms with E-state index >= 15 is 0 Å². The lowest BCUT2D eigenvalue weighted by molar-refractivity contribution is -0.148. The number of esters is 1. The van der Waals surface area contributed by atoms with E-state index in [9.17, 15) is 28.0 Å². The van der Waals surface area contributed by atoms with E-state index in [0.29, 0.717) is 12.8 Å². The van der Waals surface area contributed by atoms with E-state index in [4.69, 9.17) is 4.74 Å². The van der Waals surface area contributed by atoms with Crippen LogP contribution in [-0.2, 0) is 23.9 Å². The third-order valence-electron chi connectivity index (χ3n) is 4.73. The maximum atomic E-state index is 13.5. The molecule has 1 aliphatic carbocycles. The number of carbonyl (C=O) groups excluding carboxylic acids is 4. The van der Waals surface area contributed by atoms with Crippen LogP contribution in [0.1, 0.15) is 19.3 Å². The number of amides is 3. The van der Waals surface area contributed by atoms with Crippen molar-refractivity contribution < 1.29 is 32.7 Å². The number of rotatable bonds is 6. The molecule has 148 valence electrons. The summed E-state index contributed by atoms with van der Waals surface area (Å²) in [5.74, 6) is -5.01. The van der Waals surface area contributed by atoms with Gasteiger partial charge in [-0.15, -0.1) is 0 Å². The number of allylic oxidation sites excluding steroid dienone is 2. The van der Waals surface area contributed by atoms with E-state index in [-0.39, 0.29) is 36.6 Å². The molecule has 1 fully saturated rings. The number of nitrogens with zero attached hydrogens (tertiary/aromatic N) is 1. The van der Waals surface area contributed by atoms with E-state index in [1.807, 2.05) is 17.5 Å². The van der Waals surface area contributed by atoms with Crippen LogP contribution < -0.4 is 5.32 Å². The Kier molecular flexibility index (Phi) is 5.81. The smallest absolute Gasteiger partial charge is 0.308 e. The van der Waals surface area contributed by atoms with E-state index in [1.54, 1.807) is 0 Å². The van der Waals surface area contributed by atoms with Gasteiger partial charge in [0.2, 0.25) is 11.8 Å². The minimum absolute atomic E-state index is 0.132. The third kappa shape index (κ3) is 4.08.